The molecule has 1 aliphatic heterocycles. The first-order valence-electron chi connectivity index (χ1n) is 9.21. The van der Waals surface area contributed by atoms with Crippen molar-refractivity contribution in [2.45, 2.75) is 18.9 Å². The van der Waals surface area contributed by atoms with E-state index in [1.807, 2.05) is 11.8 Å². The number of imidazole rings is 1. The average Bonchev–Trinajstić information content (AvgIpc) is 3.24. The van der Waals surface area contributed by atoms with Crippen LogP contribution in [0, 0.1) is 0 Å². The molecule has 0 aliphatic carbocycles. The summed E-state index contributed by atoms with van der Waals surface area (Å²) in [5, 5.41) is 16.0. The van der Waals surface area contributed by atoms with Crippen LogP contribution in [0.15, 0.2) is 22.4 Å². The second kappa shape index (κ2) is 8.24. The number of alkyl halides is 3. The minimum Gasteiger partial charge on any atom is -0.469 e. The molecular weight excluding hydrogens is 437 g/mol. The molecule has 2 aromatic rings. The van der Waals surface area contributed by atoms with Crippen LogP contribution in [0.2, 0.25) is 0 Å². The van der Waals surface area contributed by atoms with Crippen LogP contribution >= 0.6 is 0 Å². The first-order valence-corrected chi connectivity index (χ1v) is 10.7. The van der Waals surface area contributed by atoms with Gasteiger partial charge in [0.15, 0.2) is 0 Å². The molecule has 2 heterocycles. The molecule has 3 rings (SSSR count). The van der Waals surface area contributed by atoms with Gasteiger partial charge in [-0.25, -0.2) is 0 Å². The topological polar surface area (TPSA) is 120 Å². The van der Waals surface area contributed by atoms with Crippen molar-refractivity contribution in [1.29, 1.82) is 0 Å². The summed E-state index contributed by atoms with van der Waals surface area (Å²) in [6, 6.07) is 2.88. The van der Waals surface area contributed by atoms with E-state index < -0.39 is 15.5 Å². The smallest absolute Gasteiger partial charge is 0.469 e. The Balaban J connectivity index is 2.07. The minimum absolute atomic E-state index is 0.0579. The molecule has 1 aromatic heterocycles. The highest BCUT2D eigenvalue weighted by molar-refractivity contribution is 7.93. The first-order chi connectivity index (χ1) is 14.5. The van der Waals surface area contributed by atoms with Crippen molar-refractivity contribution >= 4 is 44.7 Å². The predicted octanol–water partition coefficient (Wildman–Crippen LogP) is 4.75. The van der Waals surface area contributed by atoms with Gasteiger partial charge in [-0.3, -0.25) is 4.72 Å². The standard InChI is InChI=1S/C17H21F3N8O2S/c1-5-28-7-6-10-8-11(12(9-13(10)28)26-31(29,30)17(18,19)20)24-25-16-23-14(21-2)15(22-3)27(16)4/h8-9,26H,5-7H2,1-4H3/q-2. The highest BCUT2D eigenvalue weighted by Gasteiger charge is 2.46. The summed E-state index contributed by atoms with van der Waals surface area (Å²) in [5.74, 6) is 0.882. The van der Waals surface area contributed by atoms with Crippen molar-refractivity contribution in [1.82, 2.24) is 9.55 Å². The number of azo groups is 1. The van der Waals surface area contributed by atoms with Crippen LogP contribution in [-0.4, -0.2) is 50.7 Å². The molecule has 1 aliphatic rings. The lowest BCUT2D eigenvalue weighted by atomic mass is 10.1. The normalized spacial score (nSPS) is 14.2. The summed E-state index contributed by atoms with van der Waals surface area (Å²) in [5.41, 5.74) is -4.37. The van der Waals surface area contributed by atoms with E-state index in [-0.39, 0.29) is 17.3 Å². The molecule has 1 aromatic carbocycles. The highest BCUT2D eigenvalue weighted by atomic mass is 32.2. The van der Waals surface area contributed by atoms with Crippen LogP contribution in [0.1, 0.15) is 12.5 Å². The van der Waals surface area contributed by atoms with Crippen molar-refractivity contribution in [2.24, 2.45) is 17.3 Å². The SMILES string of the molecule is CCN1CCc2cc(N=Nc3nc([N-]C)c([N-]C)n3C)c(NS(=O)(=O)C(F)(F)F)cc21. The average molecular weight is 458 g/mol. The zero-order chi connectivity index (χ0) is 23.0. The number of sulfonamides is 1. The molecule has 0 atom stereocenters. The maximum Gasteiger partial charge on any atom is 0.516 e. The monoisotopic (exact) mass is 458 g/mol. The summed E-state index contributed by atoms with van der Waals surface area (Å²) in [4.78, 5) is 6.11. The lowest BCUT2D eigenvalue weighted by Gasteiger charge is -2.19. The zero-order valence-corrected chi connectivity index (χ0v) is 18.1. The molecule has 0 bridgehead atoms. The third kappa shape index (κ3) is 4.24. The third-order valence-corrected chi connectivity index (χ3v) is 5.91. The largest absolute Gasteiger partial charge is 0.516 e. The minimum atomic E-state index is -5.64. The Hall–Kier alpha value is -3.03. The molecule has 0 amide bonds. The van der Waals surface area contributed by atoms with E-state index in [9.17, 15) is 21.6 Å². The molecule has 0 unspecified atom stereocenters. The summed E-state index contributed by atoms with van der Waals surface area (Å²) < 4.78 is 65.4. The second-order valence-corrected chi connectivity index (χ2v) is 8.32. The van der Waals surface area contributed by atoms with Crippen molar-refractivity contribution < 1.29 is 21.6 Å². The third-order valence-electron chi connectivity index (χ3n) is 4.81. The van der Waals surface area contributed by atoms with Gasteiger partial charge in [0.1, 0.15) is 5.69 Å². The number of hydrogen-bond acceptors (Lipinski definition) is 6. The fraction of sp³-hybridized carbons (Fsp3) is 0.471. The number of fused-ring (bicyclic) bond motifs is 1. The van der Waals surface area contributed by atoms with Gasteiger partial charge in [-0.1, -0.05) is 32.8 Å². The lowest BCUT2D eigenvalue weighted by Crippen LogP contribution is -2.30. The number of likely N-dealkylation sites (N-methyl/N-ethyl adjacent to an activating group) is 1. The Morgan fingerprint density at radius 1 is 1.23 bits per heavy atom. The molecule has 1 N–H and O–H groups in total. The Bertz CT molecular complexity index is 1110. The zero-order valence-electron chi connectivity index (χ0n) is 17.3. The van der Waals surface area contributed by atoms with Crippen LogP contribution in [0.25, 0.3) is 10.6 Å². The van der Waals surface area contributed by atoms with Crippen LogP contribution < -0.4 is 9.62 Å². The number of rotatable bonds is 7. The Morgan fingerprint density at radius 2 is 1.94 bits per heavy atom. The van der Waals surface area contributed by atoms with E-state index >= 15 is 0 Å². The van der Waals surface area contributed by atoms with Crippen LogP contribution in [0.5, 0.6) is 0 Å². The van der Waals surface area contributed by atoms with Crippen LogP contribution in [0.3, 0.4) is 0 Å². The fourth-order valence-electron chi connectivity index (χ4n) is 3.24. The molecule has 0 fully saturated rings. The first kappa shape index (κ1) is 22.7. The van der Waals surface area contributed by atoms with Crippen molar-refractivity contribution in [3.8, 4) is 0 Å². The van der Waals surface area contributed by atoms with E-state index in [4.69, 9.17) is 0 Å². The maximum atomic E-state index is 12.9. The molecule has 170 valence electrons. The van der Waals surface area contributed by atoms with E-state index in [1.165, 1.54) is 23.7 Å². The van der Waals surface area contributed by atoms with Gasteiger partial charge in [0.05, 0.1) is 11.6 Å². The summed E-state index contributed by atoms with van der Waals surface area (Å²) >= 11 is 0. The summed E-state index contributed by atoms with van der Waals surface area (Å²) in [6.45, 7) is 3.19. The molecule has 0 spiro atoms. The van der Waals surface area contributed by atoms with E-state index in [2.05, 4.69) is 25.8 Å². The number of nitrogens with zero attached hydrogens (tertiary/aromatic N) is 7. The van der Waals surface area contributed by atoms with Crippen molar-refractivity contribution in [3.63, 3.8) is 0 Å². The summed E-state index contributed by atoms with van der Waals surface area (Å²) in [7, 11) is -0.923. The van der Waals surface area contributed by atoms with E-state index in [0.29, 0.717) is 36.8 Å². The molecule has 0 radical (unpaired) electrons. The number of hydrogen-bond donors (Lipinski definition) is 1. The van der Waals surface area contributed by atoms with E-state index in [1.54, 1.807) is 18.8 Å². The number of aromatic nitrogens is 2. The van der Waals surface area contributed by atoms with Gasteiger partial charge in [-0.2, -0.15) is 26.7 Å². The Morgan fingerprint density at radius 3 is 2.48 bits per heavy atom. The molecular formula is C17H21F3N8O2S-2. The predicted molar refractivity (Wildman–Crippen MR) is 112 cm³/mol. The number of nitrogens with one attached hydrogen (secondary N) is 1. The van der Waals surface area contributed by atoms with Gasteiger partial charge in [0.2, 0.25) is 0 Å². The molecule has 0 saturated carbocycles. The fourth-order valence-corrected chi connectivity index (χ4v) is 3.81. The van der Waals surface area contributed by atoms with Crippen molar-refractivity contribution in [3.05, 3.63) is 28.3 Å². The van der Waals surface area contributed by atoms with Crippen LogP contribution in [-0.2, 0) is 23.5 Å². The highest BCUT2D eigenvalue weighted by Crippen LogP contribution is 2.41. The molecule has 14 heteroatoms. The Labute approximate surface area is 177 Å². The number of anilines is 2. The Kier molecular flexibility index (Phi) is 6.02. The van der Waals surface area contributed by atoms with Gasteiger partial charge in [-0.15, -0.1) is 5.11 Å². The quantitative estimate of drug-likeness (QED) is 0.602. The number of halogens is 3. The van der Waals surface area contributed by atoms with Gasteiger partial charge in [0.25, 0.3) is 0 Å². The number of benzene rings is 1. The summed E-state index contributed by atoms with van der Waals surface area (Å²) in [6.07, 6.45) is 0.651. The molecule has 10 nitrogen and oxygen atoms in total. The van der Waals surface area contributed by atoms with Gasteiger partial charge < -0.3 is 25.1 Å². The lowest BCUT2D eigenvalue weighted by molar-refractivity contribution is -0.0429. The van der Waals surface area contributed by atoms with Crippen molar-refractivity contribution in [2.75, 3.05) is 36.8 Å². The molecule has 0 saturated heterocycles. The van der Waals surface area contributed by atoms with Gasteiger partial charge >= 0.3 is 15.5 Å². The van der Waals surface area contributed by atoms with Crippen LogP contribution in [0.4, 0.5) is 47.8 Å². The molecule has 31 heavy (non-hydrogen) atoms. The van der Waals surface area contributed by atoms with E-state index in [0.717, 1.165) is 5.56 Å². The van der Waals surface area contributed by atoms with Gasteiger partial charge in [0, 0.05) is 18.8 Å². The van der Waals surface area contributed by atoms with Gasteiger partial charge in [-0.05, 0) is 31.0 Å². The second-order valence-electron chi connectivity index (χ2n) is 6.64. The maximum absolute atomic E-state index is 12.9.